The molecule has 4 rings (SSSR count). The van der Waals surface area contributed by atoms with Crippen LogP contribution in [0.15, 0.2) is 48.5 Å². The standard InChI is InChI=1S/C22H21ClN4O5S/c1-32-17-8-2-14(3-9-17)10-11-24-21(28)22(29)25-20-18-12-33(30,31)13-19(18)26-27(20)16-6-4-15(23)5-7-16/h2-9H,10-13H2,1H3,(H,24,28)(H,25,29). The van der Waals surface area contributed by atoms with Gasteiger partial charge in [0.2, 0.25) is 0 Å². The molecule has 2 N–H and O–H groups in total. The van der Waals surface area contributed by atoms with E-state index in [1.807, 2.05) is 24.3 Å². The first-order chi connectivity index (χ1) is 15.8. The van der Waals surface area contributed by atoms with Crippen molar-refractivity contribution in [2.75, 3.05) is 19.0 Å². The number of hydrogen-bond acceptors (Lipinski definition) is 6. The summed E-state index contributed by atoms with van der Waals surface area (Å²) in [4.78, 5) is 25.0. The van der Waals surface area contributed by atoms with E-state index in [1.54, 1.807) is 31.4 Å². The van der Waals surface area contributed by atoms with Crippen LogP contribution in [-0.2, 0) is 37.4 Å². The van der Waals surface area contributed by atoms with Gasteiger partial charge in [-0.25, -0.2) is 13.1 Å². The number of carbonyl (C=O) groups excluding carboxylic acids is 2. The van der Waals surface area contributed by atoms with Crippen molar-refractivity contribution in [2.24, 2.45) is 0 Å². The van der Waals surface area contributed by atoms with Crippen molar-refractivity contribution >= 4 is 39.1 Å². The van der Waals surface area contributed by atoms with Crippen molar-refractivity contribution in [3.63, 3.8) is 0 Å². The molecule has 1 aromatic heterocycles. The molecule has 0 radical (unpaired) electrons. The van der Waals surface area contributed by atoms with Gasteiger partial charge < -0.3 is 15.4 Å². The van der Waals surface area contributed by atoms with Crippen LogP contribution in [0.2, 0.25) is 5.02 Å². The summed E-state index contributed by atoms with van der Waals surface area (Å²) in [6, 6.07) is 14.1. The Morgan fingerprint density at radius 3 is 2.42 bits per heavy atom. The topological polar surface area (TPSA) is 119 Å². The molecule has 11 heteroatoms. The minimum absolute atomic E-state index is 0.156. The predicted octanol–water partition coefficient (Wildman–Crippen LogP) is 2.26. The highest BCUT2D eigenvalue weighted by Gasteiger charge is 2.33. The summed E-state index contributed by atoms with van der Waals surface area (Å²) in [5.41, 5.74) is 2.27. The fourth-order valence-electron chi connectivity index (χ4n) is 3.50. The number of sulfone groups is 1. The fraction of sp³-hybridized carbons (Fsp3) is 0.227. The number of rotatable bonds is 6. The van der Waals surface area contributed by atoms with E-state index in [1.165, 1.54) is 4.68 Å². The Morgan fingerprint density at radius 1 is 1.06 bits per heavy atom. The molecular weight excluding hydrogens is 468 g/mol. The van der Waals surface area contributed by atoms with Gasteiger partial charge in [-0.3, -0.25) is 9.59 Å². The second-order valence-electron chi connectivity index (χ2n) is 7.50. The molecule has 0 atom stereocenters. The van der Waals surface area contributed by atoms with E-state index in [2.05, 4.69) is 15.7 Å². The zero-order chi connectivity index (χ0) is 23.6. The molecule has 2 amide bonds. The van der Waals surface area contributed by atoms with Gasteiger partial charge in [0.25, 0.3) is 0 Å². The van der Waals surface area contributed by atoms with Gasteiger partial charge in [0.05, 0.1) is 30.0 Å². The Labute approximate surface area is 195 Å². The van der Waals surface area contributed by atoms with E-state index in [0.29, 0.717) is 28.4 Å². The fourth-order valence-corrected chi connectivity index (χ4v) is 5.12. The van der Waals surface area contributed by atoms with Gasteiger partial charge in [0, 0.05) is 17.1 Å². The molecule has 0 spiro atoms. The summed E-state index contributed by atoms with van der Waals surface area (Å²) >= 11 is 5.95. The molecule has 2 aromatic carbocycles. The van der Waals surface area contributed by atoms with Crippen LogP contribution >= 0.6 is 11.6 Å². The number of benzene rings is 2. The van der Waals surface area contributed by atoms with E-state index < -0.39 is 21.7 Å². The summed E-state index contributed by atoms with van der Waals surface area (Å²) < 4.78 is 30.7. The number of anilines is 1. The lowest BCUT2D eigenvalue weighted by Crippen LogP contribution is -2.37. The Hall–Kier alpha value is -3.37. The molecule has 0 saturated carbocycles. The molecule has 0 bridgehead atoms. The Morgan fingerprint density at radius 2 is 1.76 bits per heavy atom. The number of aromatic nitrogens is 2. The first kappa shape index (κ1) is 22.8. The highest BCUT2D eigenvalue weighted by Crippen LogP contribution is 2.33. The van der Waals surface area contributed by atoms with E-state index in [-0.39, 0.29) is 23.9 Å². The van der Waals surface area contributed by atoms with Gasteiger partial charge in [-0.15, -0.1) is 0 Å². The average molecular weight is 489 g/mol. The summed E-state index contributed by atoms with van der Waals surface area (Å²) in [5.74, 6) is -1.34. The number of nitrogens with one attached hydrogen (secondary N) is 2. The molecule has 1 aliphatic heterocycles. The van der Waals surface area contributed by atoms with Crippen molar-refractivity contribution < 1.29 is 22.7 Å². The van der Waals surface area contributed by atoms with Crippen LogP contribution in [0.4, 0.5) is 5.82 Å². The third kappa shape index (κ3) is 5.18. The SMILES string of the molecule is COc1ccc(CCNC(=O)C(=O)Nc2c3c(nn2-c2ccc(Cl)cc2)CS(=O)(=O)C3)cc1. The van der Waals surface area contributed by atoms with Crippen LogP contribution in [0.3, 0.4) is 0 Å². The number of halogens is 1. The highest BCUT2D eigenvalue weighted by molar-refractivity contribution is 7.90. The Balaban J connectivity index is 1.47. The number of fused-ring (bicyclic) bond motifs is 1. The van der Waals surface area contributed by atoms with E-state index in [4.69, 9.17) is 16.3 Å². The van der Waals surface area contributed by atoms with Crippen LogP contribution in [0.1, 0.15) is 16.8 Å². The van der Waals surface area contributed by atoms with E-state index in [9.17, 15) is 18.0 Å². The minimum atomic E-state index is -3.35. The van der Waals surface area contributed by atoms with Gasteiger partial charge in [0.1, 0.15) is 11.6 Å². The summed E-state index contributed by atoms with van der Waals surface area (Å²) in [6.07, 6.45) is 0.527. The Bertz CT molecular complexity index is 1300. The maximum Gasteiger partial charge on any atom is 0.314 e. The molecule has 3 aromatic rings. The number of nitrogens with zero attached hydrogens (tertiary/aromatic N) is 2. The first-order valence-electron chi connectivity index (χ1n) is 10.0. The molecule has 9 nitrogen and oxygen atoms in total. The third-order valence-electron chi connectivity index (χ3n) is 5.16. The second-order valence-corrected chi connectivity index (χ2v) is 10.0. The maximum atomic E-state index is 12.6. The Kier molecular flexibility index (Phi) is 6.39. The van der Waals surface area contributed by atoms with E-state index >= 15 is 0 Å². The monoisotopic (exact) mass is 488 g/mol. The number of methoxy groups -OCH3 is 1. The lowest BCUT2D eigenvalue weighted by molar-refractivity contribution is -0.136. The second kappa shape index (κ2) is 9.24. The summed E-state index contributed by atoms with van der Waals surface area (Å²) in [7, 11) is -1.77. The molecular formula is C22H21ClN4O5S. The molecule has 0 aliphatic carbocycles. The zero-order valence-corrected chi connectivity index (χ0v) is 19.2. The minimum Gasteiger partial charge on any atom is -0.497 e. The number of amides is 2. The van der Waals surface area contributed by atoms with Crippen LogP contribution < -0.4 is 15.4 Å². The van der Waals surface area contributed by atoms with Gasteiger partial charge in [-0.1, -0.05) is 23.7 Å². The van der Waals surface area contributed by atoms with Crippen LogP contribution in [0.25, 0.3) is 5.69 Å². The van der Waals surface area contributed by atoms with Crippen molar-refractivity contribution in [2.45, 2.75) is 17.9 Å². The molecule has 1 aliphatic rings. The lowest BCUT2D eigenvalue weighted by Gasteiger charge is -2.11. The van der Waals surface area contributed by atoms with Crippen molar-refractivity contribution in [3.05, 3.63) is 70.4 Å². The third-order valence-corrected chi connectivity index (χ3v) is 6.85. The smallest absolute Gasteiger partial charge is 0.314 e. The van der Waals surface area contributed by atoms with E-state index in [0.717, 1.165) is 11.3 Å². The van der Waals surface area contributed by atoms with Gasteiger partial charge in [0.15, 0.2) is 9.84 Å². The zero-order valence-electron chi connectivity index (χ0n) is 17.7. The lowest BCUT2D eigenvalue weighted by atomic mass is 10.1. The summed E-state index contributed by atoms with van der Waals surface area (Å²) in [6.45, 7) is 0.252. The van der Waals surface area contributed by atoms with Gasteiger partial charge in [-0.05, 0) is 48.4 Å². The molecule has 33 heavy (non-hydrogen) atoms. The first-order valence-corrected chi connectivity index (χ1v) is 12.2. The van der Waals surface area contributed by atoms with Gasteiger partial charge in [-0.2, -0.15) is 5.10 Å². The average Bonchev–Trinajstić information content (AvgIpc) is 3.26. The van der Waals surface area contributed by atoms with Crippen LogP contribution in [-0.4, -0.2) is 43.7 Å². The molecule has 2 heterocycles. The number of ether oxygens (including phenoxy) is 1. The van der Waals surface area contributed by atoms with Crippen molar-refractivity contribution in [3.8, 4) is 11.4 Å². The van der Waals surface area contributed by atoms with Crippen LogP contribution in [0, 0.1) is 0 Å². The summed E-state index contributed by atoms with van der Waals surface area (Å²) in [5, 5.41) is 9.98. The van der Waals surface area contributed by atoms with Gasteiger partial charge >= 0.3 is 11.8 Å². The predicted molar refractivity (Wildman–Crippen MR) is 123 cm³/mol. The maximum absolute atomic E-state index is 12.6. The molecule has 172 valence electrons. The normalized spacial score (nSPS) is 13.9. The molecule has 0 fully saturated rings. The largest absolute Gasteiger partial charge is 0.497 e. The number of hydrogen-bond donors (Lipinski definition) is 2. The van der Waals surface area contributed by atoms with Crippen molar-refractivity contribution in [1.82, 2.24) is 15.1 Å². The number of carbonyl (C=O) groups is 2. The highest BCUT2D eigenvalue weighted by atomic mass is 35.5. The molecule has 0 saturated heterocycles. The van der Waals surface area contributed by atoms with Crippen LogP contribution in [0.5, 0.6) is 5.75 Å². The quantitative estimate of drug-likeness (QED) is 0.514. The van der Waals surface area contributed by atoms with Crippen molar-refractivity contribution in [1.29, 1.82) is 0 Å². The molecule has 0 unspecified atom stereocenters.